The molecule has 2 atom stereocenters. The van der Waals surface area contributed by atoms with Crippen LogP contribution in [0.4, 0.5) is 27.3 Å². The van der Waals surface area contributed by atoms with Gasteiger partial charge in [0.2, 0.25) is 0 Å². The van der Waals surface area contributed by atoms with E-state index in [9.17, 15) is 14.4 Å². The summed E-state index contributed by atoms with van der Waals surface area (Å²) in [7, 11) is 1.62. The number of amides is 1. The Labute approximate surface area is 322 Å². The molecule has 7 rings (SSSR count). The Morgan fingerprint density at radius 2 is 1.87 bits per heavy atom. The number of allylic oxidation sites excluding steroid dienone is 2. The first-order valence-corrected chi connectivity index (χ1v) is 19.1. The number of hydrogen-bond donors (Lipinski definition) is 1. The summed E-state index contributed by atoms with van der Waals surface area (Å²) >= 11 is 0. The number of piperazine rings is 2. The number of nitrogens with one attached hydrogen (secondary N) is 1. The number of benzene rings is 1. The zero-order chi connectivity index (χ0) is 39.2. The first-order chi connectivity index (χ1) is 26.2. The van der Waals surface area contributed by atoms with Crippen molar-refractivity contribution in [3.63, 3.8) is 0 Å². The van der Waals surface area contributed by atoms with Crippen molar-refractivity contribution in [1.82, 2.24) is 19.4 Å². The van der Waals surface area contributed by atoms with Crippen LogP contribution < -0.4 is 20.7 Å². The van der Waals surface area contributed by atoms with Crippen molar-refractivity contribution in [3.05, 3.63) is 88.4 Å². The number of ether oxygens (including phenoxy) is 2. The zero-order valence-corrected chi connectivity index (χ0v) is 32.7. The van der Waals surface area contributed by atoms with Gasteiger partial charge in [-0.3, -0.25) is 19.3 Å². The molecule has 1 amide bonds. The lowest BCUT2D eigenvalue weighted by Crippen LogP contribution is -2.63. The van der Waals surface area contributed by atoms with Gasteiger partial charge in [0.1, 0.15) is 29.6 Å². The number of aryl methyl sites for hydroxylation is 1. The molecule has 0 spiro atoms. The molecule has 0 unspecified atom stereocenters. The van der Waals surface area contributed by atoms with Gasteiger partial charge in [-0.1, -0.05) is 26.0 Å². The minimum Gasteiger partial charge on any atom is -0.461 e. The van der Waals surface area contributed by atoms with E-state index in [1.54, 1.807) is 24.2 Å². The number of hydrogen-bond acceptors (Lipinski definition) is 10. The molecule has 292 valence electrons. The molecule has 4 aliphatic rings. The van der Waals surface area contributed by atoms with Gasteiger partial charge >= 0.3 is 5.97 Å². The molecule has 3 aromatic rings. The van der Waals surface area contributed by atoms with Crippen LogP contribution in [0.3, 0.4) is 0 Å². The molecule has 2 aromatic heterocycles. The van der Waals surface area contributed by atoms with Gasteiger partial charge in [0.25, 0.3) is 11.5 Å². The Balaban J connectivity index is 1.19. The van der Waals surface area contributed by atoms with E-state index in [0.717, 1.165) is 57.0 Å². The Morgan fingerprint density at radius 3 is 2.56 bits per heavy atom. The highest BCUT2D eigenvalue weighted by Gasteiger charge is 2.37. The van der Waals surface area contributed by atoms with Crippen LogP contribution in [0.2, 0.25) is 0 Å². The largest absolute Gasteiger partial charge is 0.461 e. The smallest absolute Gasteiger partial charge is 0.302 e. The molecule has 3 saturated heterocycles. The molecule has 0 bridgehead atoms. The number of aromatic nitrogens is 2. The van der Waals surface area contributed by atoms with E-state index in [4.69, 9.17) is 9.47 Å². The van der Waals surface area contributed by atoms with Gasteiger partial charge in [-0.05, 0) is 74.1 Å². The molecule has 13 heteroatoms. The molecule has 12 nitrogen and oxygen atoms in total. The molecule has 1 aromatic carbocycles. The number of fused-ring (bicyclic) bond motifs is 1. The normalized spacial score (nSPS) is 23.0. The fourth-order valence-electron chi connectivity index (χ4n) is 8.32. The predicted octanol–water partition coefficient (Wildman–Crippen LogP) is 5.60. The lowest BCUT2D eigenvalue weighted by atomic mass is 9.81. The summed E-state index contributed by atoms with van der Waals surface area (Å²) in [6, 6.07) is 9.30. The Morgan fingerprint density at radius 1 is 1.09 bits per heavy atom. The summed E-state index contributed by atoms with van der Waals surface area (Å²) in [5.74, 6) is -0.889. The number of halogens is 1. The van der Waals surface area contributed by atoms with Crippen molar-refractivity contribution in [1.29, 1.82) is 0 Å². The lowest BCUT2D eigenvalue weighted by molar-refractivity contribution is -0.142. The Bertz CT molecular complexity index is 2070. The Kier molecular flexibility index (Phi) is 10.6. The fourth-order valence-corrected chi connectivity index (χ4v) is 8.32. The summed E-state index contributed by atoms with van der Waals surface area (Å²) in [4.78, 5) is 53.0. The number of pyridine rings is 2. The first kappa shape index (κ1) is 38.3. The van der Waals surface area contributed by atoms with Crippen LogP contribution in [-0.2, 0) is 32.7 Å². The number of anilines is 4. The summed E-state index contributed by atoms with van der Waals surface area (Å²) < 4.78 is 28.1. The maximum atomic E-state index is 15.7. The molecule has 0 aliphatic carbocycles. The summed E-state index contributed by atoms with van der Waals surface area (Å²) in [6.45, 7) is 19.2. The topological polar surface area (TPSA) is 112 Å². The third-order valence-corrected chi connectivity index (χ3v) is 11.4. The van der Waals surface area contributed by atoms with Crippen molar-refractivity contribution in [2.45, 2.75) is 72.2 Å². The van der Waals surface area contributed by atoms with E-state index in [1.165, 1.54) is 23.6 Å². The third kappa shape index (κ3) is 8.04. The monoisotopic (exact) mass is 753 g/mol. The number of nitrogens with zero attached hydrogens (tertiary/aromatic N) is 6. The van der Waals surface area contributed by atoms with E-state index in [1.807, 2.05) is 24.4 Å². The highest BCUT2D eigenvalue weighted by molar-refractivity contribution is 6.07. The van der Waals surface area contributed by atoms with Crippen LogP contribution in [0.1, 0.15) is 53.0 Å². The van der Waals surface area contributed by atoms with Crippen molar-refractivity contribution in [2.24, 2.45) is 12.5 Å². The number of carbonyl (C=O) groups is 2. The van der Waals surface area contributed by atoms with Gasteiger partial charge in [-0.2, -0.15) is 0 Å². The summed E-state index contributed by atoms with van der Waals surface area (Å²) in [5.41, 5.74) is 3.98. The second kappa shape index (κ2) is 15.3. The van der Waals surface area contributed by atoms with Crippen LogP contribution in [0.5, 0.6) is 0 Å². The van der Waals surface area contributed by atoms with Crippen LogP contribution >= 0.6 is 0 Å². The average molecular weight is 754 g/mol. The van der Waals surface area contributed by atoms with Crippen LogP contribution in [-0.4, -0.2) is 95.3 Å². The van der Waals surface area contributed by atoms with Gasteiger partial charge in [0.05, 0.1) is 36.8 Å². The fraction of sp³-hybridized carbons (Fsp3) is 0.476. The Hall–Kier alpha value is -5.01. The predicted molar refractivity (Wildman–Crippen MR) is 212 cm³/mol. The van der Waals surface area contributed by atoms with Crippen LogP contribution in [0, 0.1) is 11.2 Å². The van der Waals surface area contributed by atoms with Gasteiger partial charge in [-0.15, -0.1) is 0 Å². The number of rotatable bonds is 8. The molecule has 0 radical (unpaired) electrons. The molecule has 6 heterocycles. The van der Waals surface area contributed by atoms with Crippen molar-refractivity contribution < 1.29 is 23.5 Å². The minimum atomic E-state index is -0.573. The van der Waals surface area contributed by atoms with Crippen molar-refractivity contribution >= 4 is 34.8 Å². The molecule has 55 heavy (non-hydrogen) atoms. The maximum Gasteiger partial charge on any atom is 0.302 e. The van der Waals surface area contributed by atoms with Crippen molar-refractivity contribution in [3.8, 4) is 11.1 Å². The van der Waals surface area contributed by atoms with Crippen LogP contribution in [0.15, 0.2) is 71.4 Å². The zero-order valence-electron chi connectivity index (χ0n) is 32.7. The first-order valence-electron chi connectivity index (χ1n) is 19.1. The number of esters is 1. The van der Waals surface area contributed by atoms with Crippen molar-refractivity contribution in [2.75, 3.05) is 61.1 Å². The average Bonchev–Trinajstić information content (AvgIpc) is 3.10. The van der Waals surface area contributed by atoms with E-state index in [-0.39, 0.29) is 35.2 Å². The van der Waals surface area contributed by atoms with Crippen LogP contribution in [0.25, 0.3) is 11.1 Å². The molecule has 1 N–H and O–H groups in total. The standard InChI is InChI=1S/C42H52FN7O5/c1-26-14-38-41(53)48(13-12-47(38)11-10-42(5,6)18-26)37-17-31(43)16-34(35(37)25-55-29(4)51)30-15-36(40(52)46(7)22-30)45-39-9-8-32(19-44-39)49-20-28(3)50(21-27(49)2)33-23-54-24-33/h8-9,14-17,19,22,27-28,33H,1,10-13,18,20-21,23-25H2,2-7H3,(H,44,45)/b38-14-/t27-,28+/m0/s1. The second-order valence-electron chi connectivity index (χ2n) is 16.3. The SMILES string of the molecule is C=C1/C=C2/C(=O)N(c3cc(F)cc(-c4cc(Nc5ccc(N6C[C@@H](C)N(C7COC7)C[C@@H]6C)cn5)c(=O)n(C)c4)c3COC(C)=O)CCN2CCC(C)(C)C1. The molecule has 0 saturated carbocycles. The highest BCUT2D eigenvalue weighted by atomic mass is 19.1. The highest BCUT2D eigenvalue weighted by Crippen LogP contribution is 2.38. The van der Waals surface area contributed by atoms with Gasteiger partial charge in [0, 0.05) is 76.1 Å². The lowest BCUT2D eigenvalue weighted by Gasteiger charge is -2.50. The van der Waals surface area contributed by atoms with E-state index in [2.05, 4.69) is 59.3 Å². The van der Waals surface area contributed by atoms with E-state index >= 15 is 4.39 Å². The van der Waals surface area contributed by atoms with Gasteiger partial charge in [-0.25, -0.2) is 9.37 Å². The van der Waals surface area contributed by atoms with Gasteiger partial charge < -0.3 is 34.1 Å². The summed E-state index contributed by atoms with van der Waals surface area (Å²) in [5, 5.41) is 3.18. The minimum absolute atomic E-state index is 0.0514. The molecule has 3 fully saturated rings. The van der Waals surface area contributed by atoms with Gasteiger partial charge in [0.15, 0.2) is 0 Å². The quantitative estimate of drug-likeness (QED) is 0.292. The molecular weight excluding hydrogens is 702 g/mol. The molecular formula is C42H52FN7O5. The summed E-state index contributed by atoms with van der Waals surface area (Å²) in [6.07, 6.45) is 6.93. The maximum absolute atomic E-state index is 15.7. The molecule has 4 aliphatic heterocycles. The third-order valence-electron chi connectivity index (χ3n) is 11.4. The second-order valence-corrected chi connectivity index (χ2v) is 16.3. The number of carbonyl (C=O) groups excluding carboxylic acids is 2. The van der Waals surface area contributed by atoms with E-state index in [0.29, 0.717) is 59.1 Å². The van der Waals surface area contributed by atoms with E-state index < -0.39 is 11.8 Å².